The van der Waals surface area contributed by atoms with Crippen LogP contribution in [0.2, 0.25) is 0 Å². The van der Waals surface area contributed by atoms with E-state index in [4.69, 9.17) is 8.22 Å². The van der Waals surface area contributed by atoms with Crippen LogP contribution >= 0.6 is 0 Å². The Balaban J connectivity index is 2.81. The van der Waals surface area contributed by atoms with Crippen molar-refractivity contribution in [3.63, 3.8) is 0 Å². The molecule has 0 bridgehead atoms. The van der Waals surface area contributed by atoms with Gasteiger partial charge in [-0.2, -0.15) is 0 Å². The van der Waals surface area contributed by atoms with E-state index in [1.54, 1.807) is 0 Å². The van der Waals surface area contributed by atoms with Crippen molar-refractivity contribution in [2.75, 3.05) is 0 Å². The van der Waals surface area contributed by atoms with Gasteiger partial charge in [-0.1, -0.05) is 0 Å². The second kappa shape index (κ2) is 3.04. The summed E-state index contributed by atoms with van der Waals surface area (Å²) in [6, 6.07) is -3.99. The molecule has 1 nitrogen and oxygen atoms in total. The highest BCUT2D eigenvalue weighted by molar-refractivity contribution is 6.07. The van der Waals surface area contributed by atoms with Gasteiger partial charge in [-0.05, 0) is 36.3 Å². The molecule has 0 fully saturated rings. The van der Waals surface area contributed by atoms with Crippen LogP contribution in [0.3, 0.4) is 0 Å². The molecule has 0 aliphatic rings. The molecule has 1 heterocycles. The number of hydrogen-bond donors (Lipinski definition) is 0. The molecule has 0 radical (unpaired) electrons. The van der Waals surface area contributed by atoms with Crippen molar-refractivity contribution in [3.05, 3.63) is 47.9 Å². The van der Waals surface area contributed by atoms with E-state index in [1.165, 1.54) is 11.6 Å². The summed E-state index contributed by atoms with van der Waals surface area (Å²) >= 11 is 0. The molecule has 0 saturated heterocycles. The number of aromatic nitrogens is 1. The maximum Gasteiger partial charge on any atom is 0.123 e. The Kier molecular flexibility index (Phi) is 0.943. The largest absolute Gasteiger partial charge is 0.344 e. The number of fused-ring (bicyclic) bond motifs is 3. The van der Waals surface area contributed by atoms with Crippen molar-refractivity contribution in [3.8, 4) is 0 Å². The topological polar surface area (TPSA) is 4.93 Å². The van der Waals surface area contributed by atoms with Crippen LogP contribution in [0.25, 0.3) is 21.8 Å². The van der Waals surface area contributed by atoms with Crippen LogP contribution in [0.5, 0.6) is 0 Å². The van der Waals surface area contributed by atoms with Gasteiger partial charge in [-0.15, -0.1) is 0 Å². The second-order valence-corrected chi connectivity index (χ2v) is 3.38. The zero-order valence-corrected chi connectivity index (χ0v) is 8.20. The van der Waals surface area contributed by atoms with Crippen LogP contribution in [0.15, 0.2) is 36.3 Å². The van der Waals surface area contributed by atoms with Crippen molar-refractivity contribution in [1.82, 2.24) is 4.57 Å². The first-order chi connectivity index (χ1) is 10.2. The minimum atomic E-state index is -1.23. The fourth-order valence-corrected chi connectivity index (χ4v) is 1.73. The molecule has 0 unspecified atom stereocenters. The van der Waals surface area contributed by atoms with Crippen molar-refractivity contribution >= 4 is 21.8 Å². The highest BCUT2D eigenvalue weighted by Gasteiger charge is 2.09. The first kappa shape index (κ1) is 4.95. The molecule has 0 saturated carbocycles. The van der Waals surface area contributed by atoms with Gasteiger partial charge in [0.1, 0.15) is 11.6 Å². The van der Waals surface area contributed by atoms with E-state index in [0.29, 0.717) is 0 Å². The van der Waals surface area contributed by atoms with E-state index in [9.17, 15) is 8.78 Å². The summed E-state index contributed by atoms with van der Waals surface area (Å²) in [6.45, 7) is 0. The summed E-state index contributed by atoms with van der Waals surface area (Å²) in [5.41, 5.74) is -0.0585. The van der Waals surface area contributed by atoms with Crippen LogP contribution in [0, 0.1) is 11.6 Å². The van der Waals surface area contributed by atoms with Crippen LogP contribution in [0.1, 0.15) is 8.22 Å². The standard InChI is InChI=1S/C13H9F2N/c1-16-12-4-2-8(14)6-10(12)11-7-9(15)3-5-13(11)16/h2-7H,1H3/i2D,3D,4D,5D,6D,7D. The Morgan fingerprint density at radius 1 is 0.938 bits per heavy atom. The molecule has 3 aromatic rings. The number of benzene rings is 2. The predicted octanol–water partition coefficient (Wildman–Crippen LogP) is 3.61. The number of hydrogen-bond acceptors (Lipinski definition) is 0. The van der Waals surface area contributed by atoms with E-state index in [2.05, 4.69) is 0 Å². The van der Waals surface area contributed by atoms with Gasteiger partial charge in [0, 0.05) is 28.9 Å². The van der Waals surface area contributed by atoms with E-state index in [1.807, 2.05) is 0 Å². The molecule has 0 spiro atoms. The minimum absolute atomic E-state index is 0.0293. The van der Waals surface area contributed by atoms with Crippen molar-refractivity contribution in [2.24, 2.45) is 7.05 Å². The highest BCUT2D eigenvalue weighted by Crippen LogP contribution is 2.28. The van der Waals surface area contributed by atoms with Gasteiger partial charge in [0.2, 0.25) is 0 Å². The van der Waals surface area contributed by atoms with E-state index < -0.39 is 47.9 Å². The first-order valence-corrected chi connectivity index (χ1v) is 4.52. The summed E-state index contributed by atoms with van der Waals surface area (Å²) in [7, 11) is 1.41. The van der Waals surface area contributed by atoms with Gasteiger partial charge in [-0.25, -0.2) is 8.78 Å². The lowest BCUT2D eigenvalue weighted by Crippen LogP contribution is -1.86. The molecule has 0 aliphatic carbocycles. The number of rotatable bonds is 0. The molecule has 3 heteroatoms. The number of aryl methyl sites for hydroxylation is 1. The molecule has 0 N–H and O–H groups in total. The average molecular weight is 223 g/mol. The monoisotopic (exact) mass is 223 g/mol. The first-order valence-electron chi connectivity index (χ1n) is 7.52. The Bertz CT molecular complexity index is 902. The van der Waals surface area contributed by atoms with Crippen molar-refractivity contribution in [2.45, 2.75) is 0 Å². The maximum atomic E-state index is 13.9. The highest BCUT2D eigenvalue weighted by atomic mass is 19.1. The average Bonchev–Trinajstić information content (AvgIpc) is 2.80. The Morgan fingerprint density at radius 3 is 1.81 bits per heavy atom. The van der Waals surface area contributed by atoms with Gasteiger partial charge in [0.25, 0.3) is 0 Å². The van der Waals surface area contributed by atoms with Crippen LogP contribution in [-0.4, -0.2) is 4.57 Å². The Hall–Kier alpha value is -1.90. The SMILES string of the molecule is [2H]c1c(F)c([2H])c2c3c([2H])c(F)c([2H])c([2H])c3n(C)c2c1[2H]. The molecule has 80 valence electrons. The Morgan fingerprint density at radius 2 is 1.38 bits per heavy atom. The van der Waals surface area contributed by atoms with Gasteiger partial charge in [0.05, 0.1) is 8.22 Å². The van der Waals surface area contributed by atoms with Crippen LogP contribution < -0.4 is 0 Å². The molecule has 0 amide bonds. The maximum absolute atomic E-state index is 13.9. The Labute approximate surface area is 99.3 Å². The van der Waals surface area contributed by atoms with Crippen molar-refractivity contribution < 1.29 is 17.0 Å². The fourth-order valence-electron chi connectivity index (χ4n) is 1.73. The van der Waals surface area contributed by atoms with Gasteiger partial charge < -0.3 is 4.57 Å². The third kappa shape index (κ3) is 1.14. The number of halogens is 2. The third-order valence-corrected chi connectivity index (χ3v) is 2.45. The normalized spacial score (nSPS) is 16.7. The van der Waals surface area contributed by atoms with E-state index >= 15 is 0 Å². The third-order valence-electron chi connectivity index (χ3n) is 2.45. The van der Waals surface area contributed by atoms with E-state index in [0.717, 1.165) is 0 Å². The lowest BCUT2D eigenvalue weighted by atomic mass is 10.1. The predicted molar refractivity (Wildman–Crippen MR) is 60.3 cm³/mol. The smallest absolute Gasteiger partial charge is 0.123 e. The summed E-state index contributed by atoms with van der Waals surface area (Å²) in [5, 5.41) is -0.373. The minimum Gasteiger partial charge on any atom is -0.344 e. The molecule has 0 atom stereocenters. The van der Waals surface area contributed by atoms with Crippen LogP contribution in [-0.2, 0) is 7.05 Å². The van der Waals surface area contributed by atoms with Crippen molar-refractivity contribution in [1.29, 1.82) is 0 Å². The van der Waals surface area contributed by atoms with Gasteiger partial charge >= 0.3 is 0 Å². The van der Waals surface area contributed by atoms with Gasteiger partial charge in [-0.3, -0.25) is 0 Å². The summed E-state index contributed by atoms with van der Waals surface area (Å²) < 4.78 is 75.5. The molecule has 0 aliphatic heterocycles. The molecule has 2 aromatic carbocycles. The lowest BCUT2D eigenvalue weighted by molar-refractivity contribution is 0.628. The lowest BCUT2D eigenvalue weighted by Gasteiger charge is -1.96. The molecule has 1 aromatic heterocycles. The summed E-state index contributed by atoms with van der Waals surface area (Å²) in [6.07, 6.45) is 0. The zero-order valence-electron chi connectivity index (χ0n) is 14.2. The molecule has 16 heavy (non-hydrogen) atoms. The molecule has 3 rings (SSSR count). The summed E-state index contributed by atoms with van der Waals surface area (Å²) in [5.74, 6) is -2.46. The van der Waals surface area contributed by atoms with Gasteiger partial charge in [0.15, 0.2) is 0 Å². The van der Waals surface area contributed by atoms with E-state index in [-0.39, 0.29) is 21.8 Å². The fraction of sp³-hybridized carbons (Fsp3) is 0.0769. The summed E-state index contributed by atoms with van der Waals surface area (Å²) in [4.78, 5) is 0. The molecular weight excluding hydrogens is 208 g/mol. The second-order valence-electron chi connectivity index (χ2n) is 3.38. The quantitative estimate of drug-likeness (QED) is 0.548. The number of nitrogens with zero attached hydrogens (tertiary/aromatic N) is 1. The zero-order chi connectivity index (χ0) is 16.5. The molecular formula is C13H9F2N. The van der Waals surface area contributed by atoms with Crippen LogP contribution in [0.4, 0.5) is 8.78 Å².